The molecule has 0 radical (unpaired) electrons. The Morgan fingerprint density at radius 3 is 2.77 bits per heavy atom. The minimum atomic E-state index is -0.554. The smallest absolute Gasteiger partial charge is 0.231 e. The van der Waals surface area contributed by atoms with Gasteiger partial charge in [0.15, 0.2) is 5.82 Å². The summed E-state index contributed by atoms with van der Waals surface area (Å²) in [6, 6.07) is 7.77. The molecular formula is C17H14ClFN6O. The molecule has 0 bridgehead atoms. The summed E-state index contributed by atoms with van der Waals surface area (Å²) in [5.41, 5.74) is 0.126. The third-order valence-electron chi connectivity index (χ3n) is 4.14. The van der Waals surface area contributed by atoms with E-state index in [9.17, 15) is 9.18 Å². The molecule has 1 saturated heterocycles. The molecule has 0 aliphatic carbocycles. The molecule has 0 spiro atoms. The van der Waals surface area contributed by atoms with Gasteiger partial charge in [0.2, 0.25) is 5.91 Å². The van der Waals surface area contributed by atoms with E-state index in [0.717, 1.165) is 0 Å². The van der Waals surface area contributed by atoms with Gasteiger partial charge in [-0.1, -0.05) is 11.6 Å². The van der Waals surface area contributed by atoms with Crippen molar-refractivity contribution in [1.29, 1.82) is 0 Å². The second kappa shape index (κ2) is 6.72. The number of hydrogen-bond acceptors (Lipinski definition) is 5. The molecule has 1 aromatic carbocycles. The normalized spacial score (nSPS) is 14.2. The Hall–Kier alpha value is -3.00. The maximum absolute atomic E-state index is 13.8. The van der Waals surface area contributed by atoms with E-state index in [1.165, 1.54) is 24.5 Å². The van der Waals surface area contributed by atoms with Gasteiger partial charge in [0, 0.05) is 36.6 Å². The first-order chi connectivity index (χ1) is 12.6. The Kier molecular flexibility index (Phi) is 4.26. The summed E-state index contributed by atoms with van der Waals surface area (Å²) in [5, 5.41) is 7.02. The average molecular weight is 373 g/mol. The molecule has 0 saturated carbocycles. The molecule has 2 aromatic heterocycles. The first kappa shape index (κ1) is 16.5. The average Bonchev–Trinajstić information content (AvgIpc) is 3.11. The Morgan fingerprint density at radius 1 is 1.23 bits per heavy atom. The van der Waals surface area contributed by atoms with E-state index < -0.39 is 5.82 Å². The van der Waals surface area contributed by atoms with Crippen molar-refractivity contribution in [3.05, 3.63) is 59.9 Å². The van der Waals surface area contributed by atoms with Gasteiger partial charge in [-0.05, 0) is 24.3 Å². The number of rotatable bonds is 4. The topological polar surface area (TPSA) is 75.9 Å². The van der Waals surface area contributed by atoms with Crippen molar-refractivity contribution >= 4 is 29.0 Å². The summed E-state index contributed by atoms with van der Waals surface area (Å²) >= 11 is 5.71. The number of nitrogens with one attached hydrogen (secondary N) is 1. The van der Waals surface area contributed by atoms with Crippen LogP contribution in [-0.4, -0.2) is 38.7 Å². The molecule has 1 fully saturated rings. The third kappa shape index (κ3) is 3.23. The van der Waals surface area contributed by atoms with Crippen LogP contribution in [0, 0.1) is 11.7 Å². The second-order valence-corrected chi connectivity index (χ2v) is 6.34. The van der Waals surface area contributed by atoms with E-state index in [2.05, 4.69) is 20.4 Å². The fourth-order valence-electron chi connectivity index (χ4n) is 2.70. The molecule has 1 aliphatic rings. The monoisotopic (exact) mass is 372 g/mol. The summed E-state index contributed by atoms with van der Waals surface area (Å²) in [7, 11) is 0. The lowest BCUT2D eigenvalue weighted by atomic mass is 9.99. The van der Waals surface area contributed by atoms with Gasteiger partial charge in [0.1, 0.15) is 18.0 Å². The molecule has 26 heavy (non-hydrogen) atoms. The molecule has 3 heterocycles. The van der Waals surface area contributed by atoms with Crippen LogP contribution >= 0.6 is 11.6 Å². The van der Waals surface area contributed by atoms with Gasteiger partial charge in [0.25, 0.3) is 0 Å². The standard InChI is InChI=1S/C17H14ClFN6O/c18-12-2-3-14(13(19)6-12)23-17(26)11-8-24(9-11)15-7-16(21-10-20-15)25-5-1-4-22-25/h1-7,10-11H,8-9H2,(H,23,26). The van der Waals surface area contributed by atoms with Crippen molar-refractivity contribution in [1.82, 2.24) is 19.7 Å². The van der Waals surface area contributed by atoms with Gasteiger partial charge in [-0.25, -0.2) is 19.0 Å². The minimum Gasteiger partial charge on any atom is -0.355 e. The Labute approximate surface area is 153 Å². The molecule has 1 N–H and O–H groups in total. The van der Waals surface area contributed by atoms with Gasteiger partial charge in [-0.3, -0.25) is 4.79 Å². The van der Waals surface area contributed by atoms with Crippen LogP contribution in [0.5, 0.6) is 0 Å². The van der Waals surface area contributed by atoms with Gasteiger partial charge < -0.3 is 10.2 Å². The Balaban J connectivity index is 1.39. The summed E-state index contributed by atoms with van der Waals surface area (Å²) in [6.07, 6.45) is 4.92. The number of hydrogen-bond donors (Lipinski definition) is 1. The van der Waals surface area contributed by atoms with E-state index in [4.69, 9.17) is 11.6 Å². The summed E-state index contributed by atoms with van der Waals surface area (Å²) in [4.78, 5) is 22.7. The largest absolute Gasteiger partial charge is 0.355 e. The summed E-state index contributed by atoms with van der Waals surface area (Å²) in [6.45, 7) is 0.993. The van der Waals surface area contributed by atoms with Crippen molar-refractivity contribution in [2.45, 2.75) is 0 Å². The number of carbonyl (C=O) groups excluding carboxylic acids is 1. The van der Waals surface area contributed by atoms with Crippen LogP contribution in [0.1, 0.15) is 0 Å². The number of carbonyl (C=O) groups is 1. The van der Waals surface area contributed by atoms with Crippen LogP contribution in [0.15, 0.2) is 49.1 Å². The zero-order valence-electron chi connectivity index (χ0n) is 13.5. The second-order valence-electron chi connectivity index (χ2n) is 5.90. The van der Waals surface area contributed by atoms with E-state index in [1.807, 2.05) is 11.0 Å². The number of nitrogens with zero attached hydrogens (tertiary/aromatic N) is 5. The first-order valence-corrected chi connectivity index (χ1v) is 8.31. The molecule has 9 heteroatoms. The van der Waals surface area contributed by atoms with Crippen LogP contribution in [0.25, 0.3) is 5.82 Å². The minimum absolute atomic E-state index is 0.126. The lowest BCUT2D eigenvalue weighted by Gasteiger charge is -2.39. The number of amides is 1. The molecule has 1 aliphatic heterocycles. The zero-order valence-corrected chi connectivity index (χ0v) is 14.3. The van der Waals surface area contributed by atoms with Gasteiger partial charge in [-0.15, -0.1) is 0 Å². The lowest BCUT2D eigenvalue weighted by molar-refractivity contribution is -0.120. The molecule has 7 nitrogen and oxygen atoms in total. The maximum atomic E-state index is 13.8. The maximum Gasteiger partial charge on any atom is 0.231 e. The summed E-state index contributed by atoms with van der Waals surface area (Å²) in [5.74, 6) is 0.335. The quantitative estimate of drug-likeness (QED) is 0.761. The fourth-order valence-corrected chi connectivity index (χ4v) is 2.86. The molecule has 0 unspecified atom stereocenters. The predicted octanol–water partition coefficient (Wildman–Crippen LogP) is 2.53. The van der Waals surface area contributed by atoms with Crippen molar-refractivity contribution in [3.63, 3.8) is 0 Å². The number of aromatic nitrogens is 4. The molecular weight excluding hydrogens is 359 g/mol. The van der Waals surface area contributed by atoms with Crippen molar-refractivity contribution in [2.24, 2.45) is 5.92 Å². The van der Waals surface area contributed by atoms with Crippen molar-refractivity contribution in [3.8, 4) is 5.82 Å². The number of benzene rings is 1. The molecule has 1 amide bonds. The van der Waals surface area contributed by atoms with Crippen molar-refractivity contribution in [2.75, 3.05) is 23.3 Å². The predicted molar refractivity (Wildman–Crippen MR) is 94.9 cm³/mol. The lowest BCUT2D eigenvalue weighted by Crippen LogP contribution is -2.52. The zero-order chi connectivity index (χ0) is 18.1. The van der Waals surface area contributed by atoms with E-state index in [-0.39, 0.29) is 22.5 Å². The number of anilines is 2. The highest BCUT2D eigenvalue weighted by Crippen LogP contribution is 2.26. The van der Waals surface area contributed by atoms with E-state index >= 15 is 0 Å². The van der Waals surface area contributed by atoms with Crippen LogP contribution in [0.3, 0.4) is 0 Å². The summed E-state index contributed by atoms with van der Waals surface area (Å²) < 4.78 is 15.4. The third-order valence-corrected chi connectivity index (χ3v) is 4.38. The van der Waals surface area contributed by atoms with Crippen LogP contribution in [0.2, 0.25) is 5.02 Å². The molecule has 3 aromatic rings. The molecule has 0 atom stereocenters. The van der Waals surface area contributed by atoms with E-state index in [0.29, 0.717) is 24.7 Å². The Bertz CT molecular complexity index is 942. The fraction of sp³-hybridized carbons (Fsp3) is 0.176. The van der Waals surface area contributed by atoms with Crippen LogP contribution in [0.4, 0.5) is 15.9 Å². The van der Waals surface area contributed by atoms with Crippen LogP contribution in [-0.2, 0) is 4.79 Å². The van der Waals surface area contributed by atoms with Gasteiger partial charge >= 0.3 is 0 Å². The molecule has 132 valence electrons. The molecule has 4 rings (SSSR count). The Morgan fingerprint density at radius 2 is 2.04 bits per heavy atom. The highest BCUT2D eigenvalue weighted by atomic mass is 35.5. The van der Waals surface area contributed by atoms with Gasteiger partial charge in [0.05, 0.1) is 11.6 Å². The van der Waals surface area contributed by atoms with Crippen LogP contribution < -0.4 is 10.2 Å². The SMILES string of the molecule is O=C(Nc1ccc(Cl)cc1F)C1CN(c2cc(-n3cccn3)ncn2)C1. The first-order valence-electron chi connectivity index (χ1n) is 7.93. The van der Waals surface area contributed by atoms with E-state index in [1.54, 1.807) is 23.1 Å². The van der Waals surface area contributed by atoms with Crippen molar-refractivity contribution < 1.29 is 9.18 Å². The number of halogens is 2. The highest BCUT2D eigenvalue weighted by Gasteiger charge is 2.34. The van der Waals surface area contributed by atoms with Gasteiger partial charge in [-0.2, -0.15) is 5.10 Å². The highest BCUT2D eigenvalue weighted by molar-refractivity contribution is 6.30.